The standard InChI is InChI=1S/C19H20N2O3S/c1-12(2)13-6-8-14(9-7-13)19(3)17(23)21(18(24)20-19)11-15(22)16-5-4-10-25-16/h4-10,12H,11H2,1-3H3,(H,20,24)/t19-/m1/s1. The van der Waals surface area contributed by atoms with Crippen LogP contribution in [0, 0.1) is 0 Å². The molecule has 0 aliphatic carbocycles. The Labute approximate surface area is 150 Å². The molecular weight excluding hydrogens is 336 g/mol. The van der Waals surface area contributed by atoms with Crippen LogP contribution in [0.1, 0.15) is 47.5 Å². The van der Waals surface area contributed by atoms with E-state index in [4.69, 9.17) is 0 Å². The molecule has 1 N–H and O–H groups in total. The molecule has 1 aliphatic rings. The van der Waals surface area contributed by atoms with Gasteiger partial charge in [-0.3, -0.25) is 14.5 Å². The average molecular weight is 356 g/mol. The lowest BCUT2D eigenvalue weighted by Gasteiger charge is -2.22. The Balaban J connectivity index is 1.83. The first-order valence-corrected chi connectivity index (χ1v) is 9.02. The zero-order valence-corrected chi connectivity index (χ0v) is 15.2. The number of rotatable bonds is 5. The number of nitrogens with zero attached hydrogens (tertiary/aromatic N) is 1. The summed E-state index contributed by atoms with van der Waals surface area (Å²) in [5.74, 6) is -0.256. The molecule has 3 amide bonds. The van der Waals surface area contributed by atoms with E-state index in [9.17, 15) is 14.4 Å². The molecule has 6 heteroatoms. The van der Waals surface area contributed by atoms with E-state index < -0.39 is 17.5 Å². The van der Waals surface area contributed by atoms with E-state index in [1.807, 2.05) is 24.3 Å². The summed E-state index contributed by atoms with van der Waals surface area (Å²) in [6, 6.07) is 10.6. The molecule has 0 unspecified atom stereocenters. The van der Waals surface area contributed by atoms with Gasteiger partial charge < -0.3 is 5.32 Å². The minimum atomic E-state index is -1.15. The summed E-state index contributed by atoms with van der Waals surface area (Å²) in [5.41, 5.74) is 0.720. The largest absolute Gasteiger partial charge is 0.325 e. The first kappa shape index (κ1) is 17.4. The highest BCUT2D eigenvalue weighted by atomic mass is 32.1. The van der Waals surface area contributed by atoms with Gasteiger partial charge in [-0.2, -0.15) is 0 Å². The summed E-state index contributed by atoms with van der Waals surface area (Å²) in [5, 5.41) is 4.53. The first-order valence-electron chi connectivity index (χ1n) is 8.14. The molecule has 1 aromatic carbocycles. The number of carbonyl (C=O) groups is 3. The van der Waals surface area contributed by atoms with E-state index >= 15 is 0 Å². The van der Waals surface area contributed by atoms with Crippen LogP contribution in [0.15, 0.2) is 41.8 Å². The fourth-order valence-corrected chi connectivity index (χ4v) is 3.55. The minimum Gasteiger partial charge on any atom is -0.319 e. The van der Waals surface area contributed by atoms with E-state index in [0.717, 1.165) is 10.5 Å². The summed E-state index contributed by atoms with van der Waals surface area (Å²) >= 11 is 1.30. The van der Waals surface area contributed by atoms with Gasteiger partial charge in [0.25, 0.3) is 5.91 Å². The smallest absolute Gasteiger partial charge is 0.319 e. The number of hydrogen-bond donors (Lipinski definition) is 1. The Bertz CT molecular complexity index is 812. The maximum Gasteiger partial charge on any atom is 0.325 e. The fourth-order valence-electron chi connectivity index (χ4n) is 2.90. The number of benzene rings is 1. The van der Waals surface area contributed by atoms with Crippen LogP contribution in [0.3, 0.4) is 0 Å². The van der Waals surface area contributed by atoms with Crippen LogP contribution in [0.4, 0.5) is 4.79 Å². The molecule has 1 saturated heterocycles. The second-order valence-corrected chi connectivity index (χ2v) is 7.57. The average Bonchev–Trinajstić information content (AvgIpc) is 3.19. The number of thiophene rings is 1. The number of urea groups is 1. The van der Waals surface area contributed by atoms with Crippen molar-refractivity contribution in [1.29, 1.82) is 0 Å². The van der Waals surface area contributed by atoms with Gasteiger partial charge in [0.1, 0.15) is 5.54 Å². The third-order valence-corrected chi connectivity index (χ3v) is 5.44. The maximum atomic E-state index is 12.9. The molecule has 1 atom stereocenters. The predicted molar refractivity (Wildman–Crippen MR) is 96.8 cm³/mol. The molecule has 25 heavy (non-hydrogen) atoms. The quantitative estimate of drug-likeness (QED) is 0.658. The van der Waals surface area contributed by atoms with Crippen molar-refractivity contribution in [3.8, 4) is 0 Å². The molecule has 0 saturated carbocycles. The SMILES string of the molecule is CC(C)c1ccc([C@@]2(C)NC(=O)N(CC(=O)c3cccs3)C2=O)cc1. The van der Waals surface area contributed by atoms with Crippen LogP contribution in [0.25, 0.3) is 0 Å². The Hall–Kier alpha value is -2.47. The van der Waals surface area contributed by atoms with E-state index in [1.165, 1.54) is 11.3 Å². The summed E-state index contributed by atoms with van der Waals surface area (Å²) < 4.78 is 0. The molecule has 2 heterocycles. The van der Waals surface area contributed by atoms with E-state index in [0.29, 0.717) is 16.4 Å². The van der Waals surface area contributed by atoms with Gasteiger partial charge >= 0.3 is 6.03 Å². The number of ketones is 1. The molecule has 1 fully saturated rings. The summed E-state index contributed by atoms with van der Waals surface area (Å²) in [4.78, 5) is 38.9. The van der Waals surface area contributed by atoms with Crippen molar-refractivity contribution in [3.63, 3.8) is 0 Å². The van der Waals surface area contributed by atoms with E-state index in [2.05, 4.69) is 19.2 Å². The van der Waals surface area contributed by atoms with Crippen LogP contribution in [0.2, 0.25) is 0 Å². The van der Waals surface area contributed by atoms with Gasteiger partial charge in [-0.15, -0.1) is 11.3 Å². The Morgan fingerprint density at radius 3 is 2.44 bits per heavy atom. The van der Waals surface area contributed by atoms with Crippen molar-refractivity contribution >= 4 is 29.1 Å². The molecule has 130 valence electrons. The van der Waals surface area contributed by atoms with Gasteiger partial charge in [0.15, 0.2) is 5.78 Å². The number of amides is 3. The summed E-state index contributed by atoms with van der Waals surface area (Å²) in [6.07, 6.45) is 0. The number of nitrogens with one attached hydrogen (secondary N) is 1. The van der Waals surface area contributed by atoms with Crippen molar-refractivity contribution in [1.82, 2.24) is 10.2 Å². The van der Waals surface area contributed by atoms with Gasteiger partial charge in [0.05, 0.1) is 11.4 Å². The number of carbonyl (C=O) groups excluding carboxylic acids is 3. The monoisotopic (exact) mass is 356 g/mol. The van der Waals surface area contributed by atoms with Crippen molar-refractivity contribution < 1.29 is 14.4 Å². The van der Waals surface area contributed by atoms with Gasteiger partial charge in [0, 0.05) is 0 Å². The van der Waals surface area contributed by atoms with E-state index in [-0.39, 0.29) is 12.3 Å². The highest BCUT2D eigenvalue weighted by Crippen LogP contribution is 2.30. The van der Waals surface area contributed by atoms with Gasteiger partial charge in [-0.1, -0.05) is 44.2 Å². The third kappa shape index (κ3) is 3.09. The van der Waals surface area contributed by atoms with Crippen LogP contribution in [-0.4, -0.2) is 29.2 Å². The predicted octanol–water partition coefficient (Wildman–Crippen LogP) is 3.52. The van der Waals surface area contributed by atoms with Gasteiger partial charge in [-0.25, -0.2) is 4.79 Å². The molecular formula is C19H20N2O3S. The fraction of sp³-hybridized carbons (Fsp3) is 0.316. The second kappa shape index (κ2) is 6.44. The zero-order valence-electron chi connectivity index (χ0n) is 14.4. The lowest BCUT2D eigenvalue weighted by Crippen LogP contribution is -2.41. The lowest BCUT2D eigenvalue weighted by atomic mass is 9.90. The normalized spacial score (nSPS) is 20.2. The topological polar surface area (TPSA) is 66.5 Å². The van der Waals surface area contributed by atoms with Crippen molar-refractivity contribution in [3.05, 3.63) is 57.8 Å². The highest BCUT2D eigenvalue weighted by Gasteiger charge is 2.49. The molecule has 1 aromatic heterocycles. The van der Waals surface area contributed by atoms with Crippen LogP contribution in [-0.2, 0) is 10.3 Å². The summed E-state index contributed by atoms with van der Waals surface area (Å²) in [7, 11) is 0. The van der Waals surface area contributed by atoms with Crippen LogP contribution < -0.4 is 5.32 Å². The maximum absolute atomic E-state index is 12.9. The van der Waals surface area contributed by atoms with Crippen LogP contribution in [0.5, 0.6) is 0 Å². The lowest BCUT2D eigenvalue weighted by molar-refractivity contribution is -0.130. The zero-order chi connectivity index (χ0) is 18.2. The number of hydrogen-bond acceptors (Lipinski definition) is 4. The Morgan fingerprint density at radius 1 is 1.20 bits per heavy atom. The molecule has 3 rings (SSSR count). The molecule has 5 nitrogen and oxygen atoms in total. The molecule has 0 radical (unpaired) electrons. The van der Waals surface area contributed by atoms with Gasteiger partial charge in [-0.05, 0) is 35.4 Å². The third-order valence-electron chi connectivity index (χ3n) is 4.53. The molecule has 2 aromatic rings. The first-order chi connectivity index (χ1) is 11.8. The number of imide groups is 1. The highest BCUT2D eigenvalue weighted by molar-refractivity contribution is 7.12. The summed E-state index contributed by atoms with van der Waals surface area (Å²) in [6.45, 7) is 5.62. The van der Waals surface area contributed by atoms with Crippen molar-refractivity contribution in [2.24, 2.45) is 0 Å². The van der Waals surface area contributed by atoms with Gasteiger partial charge in [0.2, 0.25) is 0 Å². The molecule has 1 aliphatic heterocycles. The van der Waals surface area contributed by atoms with Crippen molar-refractivity contribution in [2.75, 3.05) is 6.54 Å². The molecule has 0 spiro atoms. The van der Waals surface area contributed by atoms with Crippen LogP contribution >= 0.6 is 11.3 Å². The Kier molecular flexibility index (Phi) is 4.47. The Morgan fingerprint density at radius 2 is 1.88 bits per heavy atom. The minimum absolute atomic E-state index is 0.238. The second-order valence-electron chi connectivity index (χ2n) is 6.62. The van der Waals surface area contributed by atoms with Crippen molar-refractivity contribution in [2.45, 2.75) is 32.2 Å². The number of Topliss-reactive ketones (excluding diaryl/α,β-unsaturated/α-hetero) is 1. The van der Waals surface area contributed by atoms with E-state index in [1.54, 1.807) is 24.4 Å². The molecule has 0 bridgehead atoms.